The Balaban J connectivity index is 1.45. The van der Waals surface area contributed by atoms with Crippen LogP contribution in [0.5, 0.6) is 0 Å². The lowest BCUT2D eigenvalue weighted by atomic mass is 10.1. The Morgan fingerprint density at radius 3 is 2.74 bits per heavy atom. The first kappa shape index (κ1) is 19.2. The van der Waals surface area contributed by atoms with Crippen molar-refractivity contribution in [3.8, 4) is 11.1 Å². The second kappa shape index (κ2) is 8.16. The molecule has 31 heavy (non-hydrogen) atoms. The van der Waals surface area contributed by atoms with Crippen molar-refractivity contribution in [1.82, 2.24) is 19.9 Å². The summed E-state index contributed by atoms with van der Waals surface area (Å²) in [4.78, 5) is 19.8. The molecule has 0 aliphatic carbocycles. The van der Waals surface area contributed by atoms with Crippen molar-refractivity contribution in [2.75, 3.05) is 36.4 Å². The molecule has 0 radical (unpaired) electrons. The summed E-state index contributed by atoms with van der Waals surface area (Å²) in [6.07, 6.45) is 3.31. The van der Waals surface area contributed by atoms with Gasteiger partial charge in [0.2, 0.25) is 0 Å². The molecular weight excluding hydrogens is 395 g/mol. The second-order valence-corrected chi connectivity index (χ2v) is 7.36. The molecule has 2 aromatic heterocycles. The molecular formula is C23H21FN6O. The number of nitrogens with one attached hydrogen (secondary N) is 2. The summed E-state index contributed by atoms with van der Waals surface area (Å²) in [6, 6.07) is 15.6. The predicted molar refractivity (Wildman–Crippen MR) is 118 cm³/mol. The molecule has 1 saturated heterocycles. The number of piperazine rings is 1. The fourth-order valence-corrected chi connectivity index (χ4v) is 3.80. The summed E-state index contributed by atoms with van der Waals surface area (Å²) in [5.74, 6) is -0.647. The maximum absolute atomic E-state index is 13.7. The molecule has 3 heterocycles. The van der Waals surface area contributed by atoms with Crippen LogP contribution in [0.4, 0.5) is 15.8 Å². The molecule has 5 rings (SSSR count). The molecule has 1 amide bonds. The minimum absolute atomic E-state index is 0.265. The molecule has 0 bridgehead atoms. The van der Waals surface area contributed by atoms with Crippen LogP contribution in [0.1, 0.15) is 10.5 Å². The fourth-order valence-electron chi connectivity index (χ4n) is 3.80. The Morgan fingerprint density at radius 2 is 1.90 bits per heavy atom. The standard InChI is InChI=1S/C23H21FN6O/c24-17-5-3-4-16(14-17)18-15-26-30-11-8-20(27-22(18)30)23(31)28-19-6-1-2-7-21(19)29-12-9-25-10-13-29/h1-8,11,14-15,25H,9-10,12-13H2,(H,28,31). The molecule has 1 aliphatic heterocycles. The van der Waals surface area contributed by atoms with E-state index in [-0.39, 0.29) is 17.4 Å². The van der Waals surface area contributed by atoms with Crippen LogP contribution in [0, 0.1) is 5.82 Å². The summed E-state index contributed by atoms with van der Waals surface area (Å²) in [5.41, 5.74) is 3.81. The molecule has 2 aromatic carbocycles. The number of para-hydroxylation sites is 2. The lowest BCUT2D eigenvalue weighted by Gasteiger charge is -2.31. The fraction of sp³-hybridized carbons (Fsp3) is 0.174. The largest absolute Gasteiger partial charge is 0.367 e. The molecule has 0 spiro atoms. The number of halogens is 1. The highest BCUT2D eigenvalue weighted by atomic mass is 19.1. The van der Waals surface area contributed by atoms with Crippen molar-refractivity contribution in [3.63, 3.8) is 0 Å². The van der Waals surface area contributed by atoms with Crippen LogP contribution in [-0.4, -0.2) is 46.7 Å². The van der Waals surface area contributed by atoms with E-state index < -0.39 is 0 Å². The van der Waals surface area contributed by atoms with Gasteiger partial charge in [0.1, 0.15) is 11.5 Å². The number of rotatable bonds is 4. The number of carbonyl (C=O) groups excluding carboxylic acids is 1. The number of hydrogen-bond acceptors (Lipinski definition) is 5. The van der Waals surface area contributed by atoms with Crippen LogP contribution in [0.3, 0.4) is 0 Å². The minimum Gasteiger partial charge on any atom is -0.367 e. The molecule has 0 saturated carbocycles. The maximum Gasteiger partial charge on any atom is 0.274 e. The summed E-state index contributed by atoms with van der Waals surface area (Å²) in [5, 5.41) is 10.6. The average Bonchev–Trinajstić information content (AvgIpc) is 3.23. The van der Waals surface area contributed by atoms with Crippen molar-refractivity contribution < 1.29 is 9.18 Å². The number of fused-ring (bicyclic) bond motifs is 1. The molecule has 156 valence electrons. The first-order chi connectivity index (χ1) is 15.2. The van der Waals surface area contributed by atoms with Gasteiger partial charge in [0.25, 0.3) is 5.91 Å². The van der Waals surface area contributed by atoms with E-state index in [9.17, 15) is 9.18 Å². The van der Waals surface area contributed by atoms with Crippen LogP contribution in [0.25, 0.3) is 16.8 Å². The Labute approximate surface area is 178 Å². The molecule has 0 atom stereocenters. The lowest BCUT2D eigenvalue weighted by Crippen LogP contribution is -2.43. The van der Waals surface area contributed by atoms with E-state index in [0.717, 1.165) is 37.6 Å². The van der Waals surface area contributed by atoms with Crippen LogP contribution in [0.15, 0.2) is 67.0 Å². The third-order valence-electron chi connectivity index (χ3n) is 5.35. The van der Waals surface area contributed by atoms with Gasteiger partial charge in [-0.3, -0.25) is 4.79 Å². The van der Waals surface area contributed by atoms with Gasteiger partial charge in [-0.1, -0.05) is 24.3 Å². The number of anilines is 2. The van der Waals surface area contributed by atoms with E-state index in [4.69, 9.17) is 0 Å². The SMILES string of the molecule is O=C(Nc1ccccc1N1CCNCC1)c1ccn2ncc(-c3cccc(F)c3)c2n1. The third kappa shape index (κ3) is 3.85. The maximum atomic E-state index is 13.7. The summed E-state index contributed by atoms with van der Waals surface area (Å²) in [6.45, 7) is 3.57. The van der Waals surface area contributed by atoms with Crippen molar-refractivity contribution in [2.24, 2.45) is 0 Å². The Bertz CT molecular complexity index is 1250. The average molecular weight is 416 g/mol. The summed E-state index contributed by atoms with van der Waals surface area (Å²) in [7, 11) is 0. The Kier molecular flexibility index (Phi) is 5.05. The van der Waals surface area contributed by atoms with Gasteiger partial charge in [-0.2, -0.15) is 5.10 Å². The second-order valence-electron chi connectivity index (χ2n) is 7.36. The molecule has 4 aromatic rings. The Morgan fingerprint density at radius 1 is 1.06 bits per heavy atom. The highest BCUT2D eigenvalue weighted by molar-refractivity contribution is 6.05. The van der Waals surface area contributed by atoms with Crippen LogP contribution >= 0.6 is 0 Å². The summed E-state index contributed by atoms with van der Waals surface area (Å²) < 4.78 is 15.3. The first-order valence-electron chi connectivity index (χ1n) is 10.2. The van der Waals surface area contributed by atoms with Gasteiger partial charge in [0, 0.05) is 37.9 Å². The normalized spacial score (nSPS) is 14.0. The summed E-state index contributed by atoms with van der Waals surface area (Å²) >= 11 is 0. The van der Waals surface area contributed by atoms with Gasteiger partial charge in [-0.25, -0.2) is 13.9 Å². The van der Waals surface area contributed by atoms with Crippen LogP contribution < -0.4 is 15.5 Å². The van der Waals surface area contributed by atoms with Crippen molar-refractivity contribution in [2.45, 2.75) is 0 Å². The van der Waals surface area contributed by atoms with E-state index >= 15 is 0 Å². The first-order valence-corrected chi connectivity index (χ1v) is 10.2. The molecule has 0 unspecified atom stereocenters. The smallest absolute Gasteiger partial charge is 0.274 e. The van der Waals surface area contributed by atoms with E-state index in [1.54, 1.807) is 35.1 Å². The highest BCUT2D eigenvalue weighted by Crippen LogP contribution is 2.27. The zero-order chi connectivity index (χ0) is 21.2. The van der Waals surface area contributed by atoms with Crippen molar-refractivity contribution in [3.05, 3.63) is 78.5 Å². The lowest BCUT2D eigenvalue weighted by molar-refractivity contribution is 0.102. The number of amides is 1. The molecule has 8 heteroatoms. The minimum atomic E-state index is -0.338. The van der Waals surface area contributed by atoms with Crippen LogP contribution in [0.2, 0.25) is 0 Å². The van der Waals surface area contributed by atoms with Gasteiger partial charge < -0.3 is 15.5 Å². The van der Waals surface area contributed by atoms with Crippen molar-refractivity contribution in [1.29, 1.82) is 0 Å². The number of hydrogen-bond donors (Lipinski definition) is 2. The van der Waals surface area contributed by atoms with Gasteiger partial charge in [-0.05, 0) is 35.9 Å². The molecule has 2 N–H and O–H groups in total. The van der Waals surface area contributed by atoms with Crippen molar-refractivity contribution >= 4 is 22.9 Å². The number of carbonyl (C=O) groups is 1. The van der Waals surface area contributed by atoms with E-state index in [0.29, 0.717) is 16.8 Å². The van der Waals surface area contributed by atoms with Gasteiger partial charge >= 0.3 is 0 Å². The van der Waals surface area contributed by atoms with E-state index in [2.05, 4.69) is 25.6 Å². The monoisotopic (exact) mass is 416 g/mol. The highest BCUT2D eigenvalue weighted by Gasteiger charge is 2.17. The van der Waals surface area contributed by atoms with Gasteiger partial charge in [-0.15, -0.1) is 0 Å². The number of nitrogens with zero attached hydrogens (tertiary/aromatic N) is 4. The molecule has 1 aliphatic rings. The quantitative estimate of drug-likeness (QED) is 0.535. The molecule has 7 nitrogen and oxygen atoms in total. The van der Waals surface area contributed by atoms with E-state index in [1.165, 1.54) is 12.1 Å². The predicted octanol–water partition coefficient (Wildman–Crippen LogP) is 3.20. The topological polar surface area (TPSA) is 74.6 Å². The zero-order valence-electron chi connectivity index (χ0n) is 16.8. The van der Waals surface area contributed by atoms with Gasteiger partial charge in [0.15, 0.2) is 5.65 Å². The van der Waals surface area contributed by atoms with E-state index in [1.807, 2.05) is 24.3 Å². The Hall–Kier alpha value is -3.78. The van der Waals surface area contributed by atoms with Gasteiger partial charge in [0.05, 0.1) is 17.6 Å². The number of aromatic nitrogens is 3. The third-order valence-corrected chi connectivity index (χ3v) is 5.35. The molecule has 1 fully saturated rings. The van der Waals surface area contributed by atoms with Crippen LogP contribution in [-0.2, 0) is 0 Å². The zero-order valence-corrected chi connectivity index (χ0v) is 16.8. The number of benzene rings is 2.